The van der Waals surface area contributed by atoms with Crippen molar-refractivity contribution >= 4 is 27.3 Å². The van der Waals surface area contributed by atoms with Gasteiger partial charge in [-0.1, -0.05) is 6.92 Å². The van der Waals surface area contributed by atoms with E-state index in [9.17, 15) is 0 Å². The maximum atomic E-state index is 4.21. The summed E-state index contributed by atoms with van der Waals surface area (Å²) in [5.41, 5.74) is 2.49. The monoisotopic (exact) mass is 296 g/mol. The molecule has 0 aliphatic heterocycles. The molecule has 2 heterocycles. The molecule has 0 radical (unpaired) electrons. The van der Waals surface area contributed by atoms with Gasteiger partial charge in [0.25, 0.3) is 0 Å². The SMILES string of the molecule is CCNC(c1ccsc1)c1cncc(Br)c1. The van der Waals surface area contributed by atoms with E-state index in [4.69, 9.17) is 0 Å². The van der Waals surface area contributed by atoms with Crippen LogP contribution in [0.2, 0.25) is 0 Å². The van der Waals surface area contributed by atoms with E-state index in [0.717, 1.165) is 11.0 Å². The number of halogens is 1. The van der Waals surface area contributed by atoms with E-state index < -0.39 is 0 Å². The first-order valence-corrected chi connectivity index (χ1v) is 6.90. The first kappa shape index (κ1) is 11.8. The highest BCUT2D eigenvalue weighted by Crippen LogP contribution is 2.25. The summed E-state index contributed by atoms with van der Waals surface area (Å²) in [6.45, 7) is 3.05. The second kappa shape index (κ2) is 5.57. The second-order valence-corrected chi connectivity index (χ2v) is 5.18. The van der Waals surface area contributed by atoms with Gasteiger partial charge in [0.2, 0.25) is 0 Å². The lowest BCUT2D eigenvalue weighted by Gasteiger charge is -2.17. The fraction of sp³-hybridized carbons (Fsp3) is 0.250. The summed E-state index contributed by atoms with van der Waals surface area (Å²) in [4.78, 5) is 4.21. The molecule has 0 fully saturated rings. The Hall–Kier alpha value is -0.710. The van der Waals surface area contributed by atoms with Crippen LogP contribution in [0, 0.1) is 0 Å². The second-order valence-electron chi connectivity index (χ2n) is 3.48. The summed E-state index contributed by atoms with van der Waals surface area (Å²) >= 11 is 5.18. The molecule has 0 aromatic carbocycles. The number of hydrogen-bond donors (Lipinski definition) is 1. The quantitative estimate of drug-likeness (QED) is 0.932. The molecule has 16 heavy (non-hydrogen) atoms. The van der Waals surface area contributed by atoms with Crippen molar-refractivity contribution < 1.29 is 0 Å². The van der Waals surface area contributed by atoms with E-state index in [1.54, 1.807) is 17.5 Å². The minimum Gasteiger partial charge on any atom is -0.306 e. The molecule has 84 valence electrons. The van der Waals surface area contributed by atoms with Gasteiger partial charge in [-0.3, -0.25) is 4.98 Å². The molecule has 1 atom stereocenters. The molecule has 2 aromatic heterocycles. The Morgan fingerprint density at radius 3 is 2.94 bits per heavy atom. The fourth-order valence-electron chi connectivity index (χ4n) is 1.66. The van der Waals surface area contributed by atoms with Crippen LogP contribution in [-0.2, 0) is 0 Å². The predicted molar refractivity (Wildman–Crippen MR) is 71.8 cm³/mol. The number of nitrogens with one attached hydrogen (secondary N) is 1. The molecule has 0 saturated carbocycles. The van der Waals surface area contributed by atoms with Crippen LogP contribution in [0.15, 0.2) is 39.8 Å². The zero-order valence-corrected chi connectivity index (χ0v) is 11.4. The molecule has 0 amide bonds. The molecule has 0 spiro atoms. The molecule has 0 aliphatic rings. The van der Waals surface area contributed by atoms with Gasteiger partial charge >= 0.3 is 0 Å². The van der Waals surface area contributed by atoms with E-state index in [1.807, 2.05) is 6.20 Å². The third kappa shape index (κ3) is 2.70. The average Bonchev–Trinajstić information content (AvgIpc) is 2.79. The van der Waals surface area contributed by atoms with Gasteiger partial charge in [0.15, 0.2) is 0 Å². The van der Waals surface area contributed by atoms with Crippen molar-refractivity contribution in [2.45, 2.75) is 13.0 Å². The van der Waals surface area contributed by atoms with Crippen molar-refractivity contribution in [1.82, 2.24) is 10.3 Å². The molecule has 2 nitrogen and oxygen atoms in total. The number of rotatable bonds is 4. The lowest BCUT2D eigenvalue weighted by Crippen LogP contribution is -2.21. The molecular weight excluding hydrogens is 284 g/mol. The third-order valence-electron chi connectivity index (χ3n) is 2.34. The van der Waals surface area contributed by atoms with Crippen LogP contribution >= 0.6 is 27.3 Å². The smallest absolute Gasteiger partial charge is 0.0600 e. The van der Waals surface area contributed by atoms with Crippen molar-refractivity contribution in [2.24, 2.45) is 0 Å². The number of thiophene rings is 1. The van der Waals surface area contributed by atoms with Gasteiger partial charge in [0.05, 0.1) is 6.04 Å². The first-order chi connectivity index (χ1) is 7.81. The van der Waals surface area contributed by atoms with E-state index in [0.29, 0.717) is 0 Å². The van der Waals surface area contributed by atoms with Crippen molar-refractivity contribution in [1.29, 1.82) is 0 Å². The van der Waals surface area contributed by atoms with E-state index in [2.05, 4.69) is 56.0 Å². The molecule has 2 rings (SSSR count). The lowest BCUT2D eigenvalue weighted by molar-refractivity contribution is 0.630. The molecule has 1 unspecified atom stereocenters. The molecular formula is C12H13BrN2S. The van der Waals surface area contributed by atoms with Gasteiger partial charge in [-0.05, 0) is 56.5 Å². The fourth-order valence-corrected chi connectivity index (χ4v) is 2.73. The summed E-state index contributed by atoms with van der Waals surface area (Å²) in [5.74, 6) is 0. The number of pyridine rings is 1. The molecule has 2 aromatic rings. The Bertz CT molecular complexity index is 442. The Labute approximate surface area is 108 Å². The Balaban J connectivity index is 2.33. The van der Waals surface area contributed by atoms with Crippen molar-refractivity contribution in [3.05, 3.63) is 50.9 Å². The van der Waals surface area contributed by atoms with E-state index in [-0.39, 0.29) is 6.04 Å². The zero-order valence-electron chi connectivity index (χ0n) is 8.98. The summed E-state index contributed by atoms with van der Waals surface area (Å²) in [6.07, 6.45) is 3.72. The van der Waals surface area contributed by atoms with Gasteiger partial charge in [-0.25, -0.2) is 0 Å². The Morgan fingerprint density at radius 1 is 1.44 bits per heavy atom. The number of nitrogens with zero attached hydrogens (tertiary/aromatic N) is 1. The van der Waals surface area contributed by atoms with Gasteiger partial charge in [0, 0.05) is 16.9 Å². The standard InChI is InChI=1S/C12H13BrN2S/c1-2-15-12(9-3-4-16-8-9)10-5-11(13)7-14-6-10/h3-8,12,15H,2H2,1H3. The highest BCUT2D eigenvalue weighted by atomic mass is 79.9. The lowest BCUT2D eigenvalue weighted by atomic mass is 10.0. The minimum atomic E-state index is 0.237. The molecule has 4 heteroatoms. The predicted octanol–water partition coefficient (Wildman–Crippen LogP) is 3.60. The van der Waals surface area contributed by atoms with Gasteiger partial charge in [-0.15, -0.1) is 0 Å². The summed E-state index contributed by atoms with van der Waals surface area (Å²) < 4.78 is 1.02. The third-order valence-corrected chi connectivity index (χ3v) is 3.48. The van der Waals surface area contributed by atoms with Gasteiger partial charge in [0.1, 0.15) is 0 Å². The van der Waals surface area contributed by atoms with Crippen LogP contribution < -0.4 is 5.32 Å². The maximum Gasteiger partial charge on any atom is 0.0600 e. The maximum absolute atomic E-state index is 4.21. The zero-order chi connectivity index (χ0) is 11.4. The van der Waals surface area contributed by atoms with Crippen molar-refractivity contribution in [3.63, 3.8) is 0 Å². The van der Waals surface area contributed by atoms with Crippen LogP contribution in [0.25, 0.3) is 0 Å². The van der Waals surface area contributed by atoms with Crippen LogP contribution in [0.3, 0.4) is 0 Å². The minimum absolute atomic E-state index is 0.237. The van der Waals surface area contributed by atoms with Gasteiger partial charge in [-0.2, -0.15) is 11.3 Å². The number of aromatic nitrogens is 1. The van der Waals surface area contributed by atoms with E-state index in [1.165, 1.54) is 11.1 Å². The summed E-state index contributed by atoms with van der Waals surface area (Å²) in [5, 5.41) is 7.75. The van der Waals surface area contributed by atoms with Crippen LogP contribution in [0.4, 0.5) is 0 Å². The normalized spacial score (nSPS) is 12.6. The highest BCUT2D eigenvalue weighted by Gasteiger charge is 2.13. The summed E-state index contributed by atoms with van der Waals surface area (Å²) in [6, 6.07) is 4.50. The highest BCUT2D eigenvalue weighted by molar-refractivity contribution is 9.10. The average molecular weight is 297 g/mol. The van der Waals surface area contributed by atoms with E-state index >= 15 is 0 Å². The molecule has 1 N–H and O–H groups in total. The molecule has 0 bridgehead atoms. The van der Waals surface area contributed by atoms with Gasteiger partial charge < -0.3 is 5.32 Å². The Kier molecular flexibility index (Phi) is 4.09. The van der Waals surface area contributed by atoms with Crippen LogP contribution in [-0.4, -0.2) is 11.5 Å². The largest absolute Gasteiger partial charge is 0.306 e. The molecule has 0 saturated heterocycles. The molecule has 0 aliphatic carbocycles. The van der Waals surface area contributed by atoms with Crippen molar-refractivity contribution in [2.75, 3.05) is 6.54 Å². The first-order valence-electron chi connectivity index (χ1n) is 5.17. The topological polar surface area (TPSA) is 24.9 Å². The van der Waals surface area contributed by atoms with Crippen LogP contribution in [0.1, 0.15) is 24.1 Å². The van der Waals surface area contributed by atoms with Crippen molar-refractivity contribution in [3.8, 4) is 0 Å². The number of hydrogen-bond acceptors (Lipinski definition) is 3. The van der Waals surface area contributed by atoms with Crippen LogP contribution in [0.5, 0.6) is 0 Å². The Morgan fingerprint density at radius 2 is 2.31 bits per heavy atom. The summed E-state index contributed by atoms with van der Waals surface area (Å²) in [7, 11) is 0.